The third-order valence-electron chi connectivity index (χ3n) is 9.06. The molecule has 0 bridgehead atoms. The van der Waals surface area contributed by atoms with Crippen LogP contribution < -0.4 is 0 Å². The summed E-state index contributed by atoms with van der Waals surface area (Å²) in [6.07, 6.45) is 0. The van der Waals surface area contributed by atoms with Gasteiger partial charge in [-0.2, -0.15) is 0 Å². The van der Waals surface area contributed by atoms with Crippen LogP contribution in [0.25, 0.3) is 55.0 Å². The van der Waals surface area contributed by atoms with Gasteiger partial charge in [0.15, 0.2) is 5.58 Å². The molecule has 0 spiro atoms. The van der Waals surface area contributed by atoms with Crippen molar-refractivity contribution in [3.05, 3.63) is 146 Å². The number of halogens is 2. The number of para-hydroxylation sites is 2. The number of pyridine rings is 1. The molecule has 0 N–H and O–H groups in total. The summed E-state index contributed by atoms with van der Waals surface area (Å²) in [5.41, 5.74) is 11.5. The van der Waals surface area contributed by atoms with Crippen LogP contribution in [0.5, 0.6) is 0 Å². The molecule has 9 rings (SSSR count). The van der Waals surface area contributed by atoms with Crippen molar-refractivity contribution in [3.8, 4) is 11.1 Å². The molecular formula is C38H23Br2NO2. The van der Waals surface area contributed by atoms with Crippen LogP contribution in [0.1, 0.15) is 33.5 Å². The Bertz CT molecular complexity index is 2390. The first-order valence-electron chi connectivity index (χ1n) is 14.3. The van der Waals surface area contributed by atoms with Gasteiger partial charge in [0.1, 0.15) is 21.4 Å². The zero-order valence-corrected chi connectivity index (χ0v) is 26.5. The van der Waals surface area contributed by atoms with E-state index < -0.39 is 5.41 Å². The van der Waals surface area contributed by atoms with Gasteiger partial charge in [0.25, 0.3) is 0 Å². The number of benzene rings is 5. The van der Waals surface area contributed by atoms with Crippen LogP contribution in [0, 0.1) is 13.8 Å². The average molecular weight is 685 g/mol. The number of hydrogen-bond donors (Lipinski definition) is 0. The van der Waals surface area contributed by atoms with Crippen molar-refractivity contribution in [1.82, 2.24) is 4.98 Å². The molecule has 0 radical (unpaired) electrons. The minimum atomic E-state index is -0.711. The van der Waals surface area contributed by atoms with Gasteiger partial charge in [-0.1, -0.05) is 112 Å². The second-order valence-corrected chi connectivity index (χ2v) is 13.1. The lowest BCUT2D eigenvalue weighted by Crippen LogP contribution is -2.29. The highest BCUT2D eigenvalue weighted by Crippen LogP contribution is 2.61. The van der Waals surface area contributed by atoms with Gasteiger partial charge in [-0.3, -0.25) is 0 Å². The van der Waals surface area contributed by atoms with Gasteiger partial charge < -0.3 is 8.83 Å². The van der Waals surface area contributed by atoms with E-state index in [-0.39, 0.29) is 0 Å². The third-order valence-corrected chi connectivity index (χ3v) is 10.2. The molecule has 0 unspecified atom stereocenters. The molecule has 206 valence electrons. The van der Waals surface area contributed by atoms with Crippen molar-refractivity contribution >= 4 is 75.7 Å². The number of rotatable bonds is 2. The fraction of sp³-hybridized carbons (Fsp3) is 0.0789. The molecule has 0 amide bonds. The first-order chi connectivity index (χ1) is 21.0. The summed E-state index contributed by atoms with van der Waals surface area (Å²) in [6, 6.07) is 36.6. The number of hydrogen-bond acceptors (Lipinski definition) is 3. The van der Waals surface area contributed by atoms with Crippen LogP contribution in [0.3, 0.4) is 0 Å². The summed E-state index contributed by atoms with van der Waals surface area (Å²) in [5.74, 6) is 0. The Labute approximate surface area is 264 Å². The van der Waals surface area contributed by atoms with Gasteiger partial charge >= 0.3 is 0 Å². The van der Waals surface area contributed by atoms with Gasteiger partial charge in [-0.05, 0) is 64.7 Å². The zero-order chi connectivity index (χ0) is 29.0. The summed E-state index contributed by atoms with van der Waals surface area (Å²) in [4.78, 5) is 5.40. The van der Waals surface area contributed by atoms with Crippen LogP contribution in [0.2, 0.25) is 0 Å². The average Bonchev–Trinajstić information content (AvgIpc) is 3.68. The maximum Gasteiger partial charge on any atom is 0.168 e. The molecule has 0 saturated heterocycles. The number of fused-ring (bicyclic) bond motifs is 11. The van der Waals surface area contributed by atoms with Crippen LogP contribution in [0.15, 0.2) is 121 Å². The Balaban J connectivity index is 1.59. The monoisotopic (exact) mass is 683 g/mol. The van der Waals surface area contributed by atoms with Crippen LogP contribution in [0.4, 0.5) is 0 Å². The van der Waals surface area contributed by atoms with E-state index in [0.717, 1.165) is 81.9 Å². The fourth-order valence-corrected chi connectivity index (χ4v) is 8.24. The second kappa shape index (κ2) is 8.91. The first-order valence-corrected chi connectivity index (χ1v) is 15.9. The van der Waals surface area contributed by atoms with Crippen molar-refractivity contribution in [1.29, 1.82) is 0 Å². The normalized spacial score (nSPS) is 13.8. The fourth-order valence-electron chi connectivity index (χ4n) is 7.16. The Kier molecular flexibility index (Phi) is 5.25. The SMILES string of the molecule is Cc1ccc(C2(c3ccc(C)cc3)c3cc(Br)c4c(oc5ccccc54)c3-c3c2nc(Br)c2oc4ccccc4c32)cc1. The molecule has 3 heterocycles. The van der Waals surface area contributed by atoms with Gasteiger partial charge in [0.05, 0.1) is 11.1 Å². The second-order valence-electron chi connectivity index (χ2n) is 11.5. The molecule has 8 aromatic rings. The molecule has 3 aromatic heterocycles. The Hall–Kier alpha value is -4.19. The maximum absolute atomic E-state index is 6.80. The van der Waals surface area contributed by atoms with E-state index in [1.165, 1.54) is 11.1 Å². The lowest BCUT2D eigenvalue weighted by Gasteiger charge is -2.33. The Morgan fingerprint density at radius 3 is 1.74 bits per heavy atom. The number of aromatic nitrogens is 1. The van der Waals surface area contributed by atoms with Crippen molar-refractivity contribution in [2.24, 2.45) is 0 Å². The van der Waals surface area contributed by atoms with Crippen LogP contribution in [-0.2, 0) is 5.41 Å². The van der Waals surface area contributed by atoms with Gasteiger partial charge in [-0.25, -0.2) is 4.98 Å². The Morgan fingerprint density at radius 2 is 1.14 bits per heavy atom. The first kappa shape index (κ1) is 25.3. The lowest BCUT2D eigenvalue weighted by atomic mass is 9.69. The molecule has 1 aliphatic rings. The Morgan fingerprint density at radius 1 is 0.605 bits per heavy atom. The number of aryl methyl sites for hydroxylation is 2. The van der Waals surface area contributed by atoms with Gasteiger partial charge in [-0.15, -0.1) is 0 Å². The molecule has 0 aliphatic heterocycles. The quantitative estimate of drug-likeness (QED) is 0.170. The molecule has 1 aliphatic carbocycles. The smallest absolute Gasteiger partial charge is 0.168 e. The molecule has 3 nitrogen and oxygen atoms in total. The van der Waals surface area contributed by atoms with E-state index >= 15 is 0 Å². The van der Waals surface area contributed by atoms with E-state index in [1.54, 1.807) is 0 Å². The largest absolute Gasteiger partial charge is 0.455 e. The predicted octanol–water partition coefficient (Wildman–Crippen LogP) is 11.4. The van der Waals surface area contributed by atoms with E-state index in [2.05, 4.69) is 125 Å². The standard InChI is InChI=1S/C38H23Br2NO2/c1-20-11-15-22(16-12-20)38(23-17-13-21(2)14-18-23)26-19-27(39)30-24-7-3-5-9-28(24)42-34(30)32(26)33-31-25-8-4-6-10-29(25)43-35(31)37(40)41-36(33)38/h3-19H,1-2H3. The van der Waals surface area contributed by atoms with E-state index in [0.29, 0.717) is 4.60 Å². The molecule has 43 heavy (non-hydrogen) atoms. The summed E-state index contributed by atoms with van der Waals surface area (Å²) >= 11 is 7.85. The highest BCUT2D eigenvalue weighted by Gasteiger charge is 2.51. The highest BCUT2D eigenvalue weighted by atomic mass is 79.9. The lowest BCUT2D eigenvalue weighted by molar-refractivity contribution is 0.660. The molecule has 0 atom stereocenters. The maximum atomic E-state index is 6.80. The summed E-state index contributed by atoms with van der Waals surface area (Å²) in [6.45, 7) is 4.26. The van der Waals surface area contributed by atoms with E-state index in [9.17, 15) is 0 Å². The summed E-state index contributed by atoms with van der Waals surface area (Å²) < 4.78 is 15.0. The van der Waals surface area contributed by atoms with E-state index in [4.69, 9.17) is 13.8 Å². The van der Waals surface area contributed by atoms with Crippen molar-refractivity contribution in [2.45, 2.75) is 19.3 Å². The predicted molar refractivity (Wildman–Crippen MR) is 181 cm³/mol. The van der Waals surface area contributed by atoms with Gasteiger partial charge in [0.2, 0.25) is 0 Å². The highest BCUT2D eigenvalue weighted by molar-refractivity contribution is 9.11. The molecular weight excluding hydrogens is 662 g/mol. The summed E-state index contributed by atoms with van der Waals surface area (Å²) in [5, 5.41) is 4.24. The number of furan rings is 2. The van der Waals surface area contributed by atoms with Crippen molar-refractivity contribution in [2.75, 3.05) is 0 Å². The van der Waals surface area contributed by atoms with Crippen LogP contribution in [-0.4, -0.2) is 4.98 Å². The molecule has 0 saturated carbocycles. The molecule has 5 heteroatoms. The van der Waals surface area contributed by atoms with Crippen LogP contribution >= 0.6 is 31.9 Å². The van der Waals surface area contributed by atoms with E-state index in [1.807, 2.05) is 24.3 Å². The number of nitrogens with zero attached hydrogens (tertiary/aromatic N) is 1. The summed E-state index contributed by atoms with van der Waals surface area (Å²) in [7, 11) is 0. The van der Waals surface area contributed by atoms with Crippen molar-refractivity contribution < 1.29 is 8.83 Å². The molecule has 0 fully saturated rings. The molecule has 5 aromatic carbocycles. The zero-order valence-electron chi connectivity index (χ0n) is 23.3. The van der Waals surface area contributed by atoms with Crippen molar-refractivity contribution in [3.63, 3.8) is 0 Å². The minimum Gasteiger partial charge on any atom is -0.455 e. The van der Waals surface area contributed by atoms with Gasteiger partial charge in [0, 0.05) is 37.1 Å². The topological polar surface area (TPSA) is 39.2 Å². The third kappa shape index (κ3) is 3.27. The minimum absolute atomic E-state index is 0.689.